The highest BCUT2D eigenvalue weighted by Gasteiger charge is 2.32. The number of thiophene rings is 1. The zero-order chi connectivity index (χ0) is 31.2. The molecule has 234 valence electrons. The summed E-state index contributed by atoms with van der Waals surface area (Å²) in [5.74, 6) is 6.92. The summed E-state index contributed by atoms with van der Waals surface area (Å²) in [6.45, 7) is 6.84. The number of halogens is 2. The lowest BCUT2D eigenvalue weighted by atomic mass is 9.99. The van der Waals surface area contributed by atoms with Gasteiger partial charge < -0.3 is 16.4 Å². The monoisotopic (exact) mass is 663 g/mol. The van der Waals surface area contributed by atoms with Gasteiger partial charge in [-0.05, 0) is 69.5 Å². The van der Waals surface area contributed by atoms with Crippen LogP contribution in [0.5, 0.6) is 0 Å². The van der Waals surface area contributed by atoms with Crippen LogP contribution in [-0.2, 0) is 9.59 Å². The van der Waals surface area contributed by atoms with Crippen molar-refractivity contribution < 1.29 is 9.59 Å². The number of hydrogen-bond acceptors (Lipinski definition) is 7. The maximum absolute atomic E-state index is 13.2. The number of aliphatic imine (C=N–C) groups is 1. The Kier molecular flexibility index (Phi) is 11.5. The number of nitrogens with one attached hydrogen (secondary N) is 2. The Morgan fingerprint density at radius 1 is 1.07 bits per heavy atom. The van der Waals surface area contributed by atoms with Crippen LogP contribution in [-0.4, -0.2) is 45.4 Å². The predicted octanol–water partition coefficient (Wildman–Crippen LogP) is 5.85. The molecular formula is C33H35Cl2N7O2S. The molecule has 0 unspecified atom stereocenters. The molecule has 0 radical (unpaired) electrons. The van der Waals surface area contributed by atoms with Crippen LogP contribution in [0, 0.1) is 32.6 Å². The highest BCUT2D eigenvalue weighted by molar-refractivity contribution is 7.15. The molecule has 12 heteroatoms. The lowest BCUT2D eigenvalue weighted by molar-refractivity contribution is -0.121. The largest absolute Gasteiger partial charge is 0.356 e. The summed E-state index contributed by atoms with van der Waals surface area (Å²) in [5, 5.41) is 16.4. The minimum Gasteiger partial charge on any atom is -0.356 e. The average Bonchev–Trinajstić information content (AvgIpc) is 3.48. The Hall–Kier alpha value is -4.01. The number of hydrogen-bond donors (Lipinski definition) is 3. The second kappa shape index (κ2) is 15.3. The van der Waals surface area contributed by atoms with Gasteiger partial charge in [0, 0.05) is 45.2 Å². The molecule has 0 fully saturated rings. The van der Waals surface area contributed by atoms with Gasteiger partial charge in [-0.2, -0.15) is 0 Å². The molecule has 0 saturated heterocycles. The Bertz CT molecular complexity index is 1780. The second-order valence-corrected chi connectivity index (χ2v) is 12.2. The molecule has 1 aliphatic heterocycles. The Morgan fingerprint density at radius 2 is 1.84 bits per heavy atom. The minimum absolute atomic E-state index is 0. The highest BCUT2D eigenvalue weighted by Crippen LogP contribution is 2.39. The van der Waals surface area contributed by atoms with E-state index in [1.165, 1.54) is 4.88 Å². The van der Waals surface area contributed by atoms with Crippen LogP contribution >= 0.6 is 35.3 Å². The van der Waals surface area contributed by atoms with E-state index < -0.39 is 6.04 Å². The van der Waals surface area contributed by atoms with Crippen LogP contribution in [0.3, 0.4) is 0 Å². The van der Waals surface area contributed by atoms with E-state index in [1.54, 1.807) is 11.3 Å². The number of aryl methyl sites for hydroxylation is 2. The van der Waals surface area contributed by atoms with E-state index in [1.807, 2.05) is 60.0 Å². The molecule has 2 aromatic carbocycles. The van der Waals surface area contributed by atoms with Gasteiger partial charge in [-0.25, -0.2) is 0 Å². The van der Waals surface area contributed by atoms with Crippen LogP contribution < -0.4 is 16.4 Å². The van der Waals surface area contributed by atoms with Crippen molar-refractivity contribution in [2.24, 2.45) is 10.7 Å². The normalized spacial score (nSPS) is 13.3. The van der Waals surface area contributed by atoms with Crippen molar-refractivity contribution in [2.75, 3.05) is 18.4 Å². The van der Waals surface area contributed by atoms with Crippen LogP contribution in [0.2, 0.25) is 5.02 Å². The zero-order valence-electron chi connectivity index (χ0n) is 25.3. The summed E-state index contributed by atoms with van der Waals surface area (Å²) >= 11 is 7.87. The van der Waals surface area contributed by atoms with Gasteiger partial charge in [0.05, 0.1) is 18.7 Å². The van der Waals surface area contributed by atoms with Gasteiger partial charge >= 0.3 is 0 Å². The predicted molar refractivity (Wildman–Crippen MR) is 183 cm³/mol. The molecule has 5 rings (SSSR count). The Labute approximate surface area is 278 Å². The summed E-state index contributed by atoms with van der Waals surface area (Å²) in [7, 11) is 0. The quantitative estimate of drug-likeness (QED) is 0.153. The fourth-order valence-corrected chi connectivity index (χ4v) is 6.41. The molecule has 1 aliphatic rings. The molecule has 0 bridgehead atoms. The first-order valence-electron chi connectivity index (χ1n) is 14.5. The molecule has 2 aromatic heterocycles. The minimum atomic E-state index is -0.530. The first-order valence-corrected chi connectivity index (χ1v) is 15.7. The van der Waals surface area contributed by atoms with E-state index >= 15 is 0 Å². The van der Waals surface area contributed by atoms with E-state index in [4.69, 9.17) is 22.3 Å². The number of carbonyl (C=O) groups excluding carboxylic acids is 2. The van der Waals surface area contributed by atoms with Crippen molar-refractivity contribution in [1.82, 2.24) is 20.1 Å². The molecule has 0 saturated carbocycles. The lowest BCUT2D eigenvalue weighted by Crippen LogP contribution is -2.26. The number of amides is 2. The summed E-state index contributed by atoms with van der Waals surface area (Å²) in [6, 6.07) is 14.4. The van der Waals surface area contributed by atoms with Crippen LogP contribution in [0.1, 0.15) is 70.5 Å². The average molecular weight is 665 g/mol. The van der Waals surface area contributed by atoms with Crippen molar-refractivity contribution in [2.45, 2.75) is 52.5 Å². The topological polar surface area (TPSA) is 127 Å². The number of anilines is 1. The van der Waals surface area contributed by atoms with Crippen LogP contribution in [0.4, 0.5) is 5.69 Å². The number of nitrogens with two attached hydrogens (primary N) is 1. The van der Waals surface area contributed by atoms with Crippen molar-refractivity contribution in [3.05, 3.63) is 92.3 Å². The maximum atomic E-state index is 13.2. The van der Waals surface area contributed by atoms with Gasteiger partial charge in [-0.1, -0.05) is 41.6 Å². The van der Waals surface area contributed by atoms with Gasteiger partial charge in [-0.15, -0.1) is 33.9 Å². The molecule has 45 heavy (non-hydrogen) atoms. The lowest BCUT2D eigenvalue weighted by Gasteiger charge is -2.13. The fraction of sp³-hybridized carbons (Fsp3) is 0.303. The summed E-state index contributed by atoms with van der Waals surface area (Å²) < 4.78 is 2.03. The number of benzene rings is 2. The number of aromatic nitrogens is 3. The molecular weight excluding hydrogens is 629 g/mol. The second-order valence-electron chi connectivity index (χ2n) is 10.6. The standard InChI is InChI=1S/C33H34ClN7O2S.ClH/c1-20-21(2)44-33-30(20)31(24-12-14-25(34)15-13-24)38-27(32-40-39-22(3)41(32)33)19-29(43)36-17-5-4-11-28(42)37-26-10-6-8-23(18-26)9-7-16-35;/h6,8,10,12-15,18,27H,4-5,11,16-17,19,35H2,1-3H3,(H,36,43)(H,37,42);1H/t27-;/m0./s1. The van der Waals surface area contributed by atoms with Gasteiger partial charge in [0.2, 0.25) is 11.8 Å². The molecule has 4 aromatic rings. The third-order valence-electron chi connectivity index (χ3n) is 7.37. The molecule has 9 nitrogen and oxygen atoms in total. The van der Waals surface area contributed by atoms with Crippen LogP contribution in [0.15, 0.2) is 53.5 Å². The molecule has 4 N–H and O–H groups in total. The van der Waals surface area contributed by atoms with E-state index in [0.717, 1.165) is 38.8 Å². The summed E-state index contributed by atoms with van der Waals surface area (Å²) in [6.07, 6.45) is 1.76. The number of carbonyl (C=O) groups is 2. The molecule has 2 amide bonds. The van der Waals surface area contributed by atoms with Gasteiger partial charge in [0.15, 0.2) is 5.82 Å². The van der Waals surface area contributed by atoms with E-state index in [9.17, 15) is 9.59 Å². The molecule has 3 heterocycles. The third kappa shape index (κ3) is 7.99. The molecule has 0 spiro atoms. The first kappa shape index (κ1) is 33.9. The Balaban J connectivity index is 0.00000461. The van der Waals surface area contributed by atoms with Gasteiger partial charge in [0.1, 0.15) is 16.9 Å². The maximum Gasteiger partial charge on any atom is 0.224 e. The Morgan fingerprint density at radius 3 is 2.60 bits per heavy atom. The first-order chi connectivity index (χ1) is 21.2. The number of fused-ring (bicyclic) bond motifs is 3. The van der Waals surface area contributed by atoms with Gasteiger partial charge in [-0.3, -0.25) is 19.1 Å². The smallest absolute Gasteiger partial charge is 0.224 e. The molecule has 1 atom stereocenters. The van der Waals surface area contributed by atoms with Gasteiger partial charge in [0.25, 0.3) is 0 Å². The summed E-state index contributed by atoms with van der Waals surface area (Å²) in [4.78, 5) is 31.9. The highest BCUT2D eigenvalue weighted by atomic mass is 35.5. The van der Waals surface area contributed by atoms with E-state index in [-0.39, 0.29) is 37.2 Å². The van der Waals surface area contributed by atoms with Crippen molar-refractivity contribution in [3.8, 4) is 16.8 Å². The third-order valence-corrected chi connectivity index (χ3v) is 8.81. The fourth-order valence-electron chi connectivity index (χ4n) is 5.07. The van der Waals surface area contributed by atoms with Crippen molar-refractivity contribution in [3.63, 3.8) is 0 Å². The molecule has 0 aliphatic carbocycles. The number of nitrogens with zero attached hydrogens (tertiary/aromatic N) is 4. The van der Waals surface area contributed by atoms with Crippen LogP contribution in [0.25, 0.3) is 5.00 Å². The van der Waals surface area contributed by atoms with E-state index in [0.29, 0.717) is 42.3 Å². The number of rotatable bonds is 9. The zero-order valence-corrected chi connectivity index (χ0v) is 27.7. The SMILES string of the molecule is Cc1sc2c(c1C)C(c1ccc(Cl)cc1)=N[C@@H](CC(=O)NCCCCC(=O)Nc1cccc(C#CCN)c1)c1nnc(C)n1-2.Cl. The van der Waals surface area contributed by atoms with E-state index in [2.05, 4.69) is 46.5 Å². The van der Waals surface area contributed by atoms with Crippen molar-refractivity contribution in [1.29, 1.82) is 0 Å². The summed E-state index contributed by atoms with van der Waals surface area (Å²) in [5.41, 5.74) is 10.8. The van der Waals surface area contributed by atoms with Crippen molar-refractivity contribution >= 4 is 58.6 Å². The number of unbranched alkanes of at least 4 members (excludes halogenated alkanes) is 1.